The van der Waals surface area contributed by atoms with Crippen molar-refractivity contribution in [1.82, 2.24) is 0 Å². The van der Waals surface area contributed by atoms with E-state index in [2.05, 4.69) is 30.3 Å². The molecule has 0 aliphatic heterocycles. The fourth-order valence-corrected chi connectivity index (χ4v) is 3.98. The number of fused-ring (bicyclic) bond motifs is 2. The highest BCUT2D eigenvalue weighted by Crippen LogP contribution is 2.68. The zero-order valence-corrected chi connectivity index (χ0v) is 8.95. The first-order chi connectivity index (χ1) is 7.45. The van der Waals surface area contributed by atoms with E-state index in [0.29, 0.717) is 0 Å². The third kappa shape index (κ3) is 1.03. The predicted octanol–water partition coefficient (Wildman–Crippen LogP) is 3.90. The lowest BCUT2D eigenvalue weighted by atomic mass is 10.00. The van der Waals surface area contributed by atoms with Crippen molar-refractivity contribution < 1.29 is 0 Å². The normalized spacial score (nSPS) is 36.7. The molecule has 0 aromatic heterocycles. The van der Waals surface area contributed by atoms with Crippen LogP contribution in [0.1, 0.15) is 37.2 Å². The average Bonchev–Trinajstić information content (AvgIpc) is 2.64. The van der Waals surface area contributed by atoms with Gasteiger partial charge in [0.15, 0.2) is 0 Å². The van der Waals surface area contributed by atoms with Crippen LogP contribution in [0.15, 0.2) is 41.5 Å². The van der Waals surface area contributed by atoms with E-state index in [-0.39, 0.29) is 0 Å². The van der Waals surface area contributed by atoms with Gasteiger partial charge in [0.25, 0.3) is 0 Å². The molecule has 0 bridgehead atoms. The van der Waals surface area contributed by atoms with Crippen LogP contribution in [0.4, 0.5) is 0 Å². The smallest absolute Gasteiger partial charge is 0.00559 e. The van der Waals surface area contributed by atoms with Gasteiger partial charge in [0.05, 0.1) is 0 Å². The van der Waals surface area contributed by atoms with Crippen molar-refractivity contribution in [2.45, 2.75) is 31.6 Å². The molecule has 3 aliphatic carbocycles. The maximum atomic E-state index is 2.32. The Morgan fingerprint density at radius 3 is 2.67 bits per heavy atom. The molecule has 0 spiro atoms. The molecule has 1 aromatic rings. The number of hydrogen-bond acceptors (Lipinski definition) is 0. The minimum absolute atomic E-state index is 0.892. The van der Waals surface area contributed by atoms with Crippen LogP contribution >= 0.6 is 0 Å². The summed E-state index contributed by atoms with van der Waals surface area (Å²) in [5.41, 5.74) is 5.30. The van der Waals surface area contributed by atoms with Crippen LogP contribution in [-0.2, 0) is 0 Å². The van der Waals surface area contributed by atoms with Gasteiger partial charge < -0.3 is 0 Å². The highest BCUT2D eigenvalue weighted by Gasteiger charge is 2.57. The van der Waals surface area contributed by atoms with Gasteiger partial charge in [0, 0.05) is 0 Å². The Hall–Kier alpha value is -1.04. The lowest BCUT2D eigenvalue weighted by molar-refractivity contribution is 0.736. The van der Waals surface area contributed by atoms with E-state index in [1.807, 2.05) is 11.1 Å². The van der Waals surface area contributed by atoms with Crippen LogP contribution in [0.25, 0.3) is 0 Å². The third-order valence-corrected chi connectivity index (χ3v) is 4.62. The Bertz CT molecular complexity index is 427. The summed E-state index contributed by atoms with van der Waals surface area (Å²) in [4.78, 5) is 0. The molecule has 3 aliphatic rings. The van der Waals surface area contributed by atoms with Gasteiger partial charge in [-0.25, -0.2) is 0 Å². The van der Waals surface area contributed by atoms with Crippen LogP contribution in [0.2, 0.25) is 0 Å². The number of hydrogen-bond donors (Lipinski definition) is 0. The fraction of sp³-hybridized carbons (Fsp3) is 0.467. The van der Waals surface area contributed by atoms with E-state index in [1.165, 1.54) is 25.7 Å². The zero-order valence-electron chi connectivity index (χ0n) is 8.95. The average molecular weight is 196 g/mol. The van der Waals surface area contributed by atoms with Gasteiger partial charge in [-0.2, -0.15) is 0 Å². The molecular formula is C15H16. The summed E-state index contributed by atoms with van der Waals surface area (Å²) in [6, 6.07) is 11.1. The molecule has 0 N–H and O–H groups in total. The van der Waals surface area contributed by atoms with Crippen LogP contribution < -0.4 is 0 Å². The molecular weight excluding hydrogens is 180 g/mol. The summed E-state index contributed by atoms with van der Waals surface area (Å²) in [5.74, 6) is 2.85. The molecule has 1 fully saturated rings. The second-order valence-electron chi connectivity index (χ2n) is 5.31. The van der Waals surface area contributed by atoms with Crippen molar-refractivity contribution in [3.63, 3.8) is 0 Å². The quantitative estimate of drug-likeness (QED) is 0.597. The zero-order chi connectivity index (χ0) is 9.83. The van der Waals surface area contributed by atoms with Crippen molar-refractivity contribution in [3.05, 3.63) is 47.0 Å². The Labute approximate surface area is 91.0 Å². The highest BCUT2D eigenvalue weighted by molar-refractivity contribution is 5.44. The SMILES string of the molecule is c1ccc([C@@H]2[C@H]3CC4=C(CCC4)[C@H]32)cc1. The molecule has 0 heteroatoms. The third-order valence-electron chi connectivity index (χ3n) is 4.62. The summed E-state index contributed by atoms with van der Waals surface area (Å²) < 4.78 is 0. The van der Waals surface area contributed by atoms with Crippen LogP contribution in [0.3, 0.4) is 0 Å². The summed E-state index contributed by atoms with van der Waals surface area (Å²) in [6.07, 6.45) is 5.71. The van der Waals surface area contributed by atoms with Crippen LogP contribution in [-0.4, -0.2) is 0 Å². The molecule has 4 rings (SSSR count). The summed E-state index contributed by atoms with van der Waals surface area (Å²) in [6.45, 7) is 0. The molecule has 0 amide bonds. The molecule has 0 saturated heterocycles. The predicted molar refractivity (Wildman–Crippen MR) is 61.7 cm³/mol. The first-order valence-electron chi connectivity index (χ1n) is 6.21. The van der Waals surface area contributed by atoms with E-state index in [4.69, 9.17) is 0 Å². The van der Waals surface area contributed by atoms with E-state index in [9.17, 15) is 0 Å². The van der Waals surface area contributed by atoms with Gasteiger partial charge in [-0.15, -0.1) is 0 Å². The van der Waals surface area contributed by atoms with Crippen molar-refractivity contribution in [2.24, 2.45) is 11.8 Å². The molecule has 15 heavy (non-hydrogen) atoms. The summed E-state index contributed by atoms with van der Waals surface area (Å²) in [7, 11) is 0. The topological polar surface area (TPSA) is 0 Å². The maximum absolute atomic E-state index is 2.32. The number of benzene rings is 1. The number of allylic oxidation sites excluding steroid dienone is 2. The second kappa shape index (κ2) is 2.75. The molecule has 0 heterocycles. The fourth-order valence-electron chi connectivity index (χ4n) is 3.98. The monoisotopic (exact) mass is 196 g/mol. The molecule has 0 unspecified atom stereocenters. The van der Waals surface area contributed by atoms with Crippen LogP contribution in [0, 0.1) is 11.8 Å². The first kappa shape index (κ1) is 8.15. The highest BCUT2D eigenvalue weighted by atomic mass is 14.6. The minimum atomic E-state index is 0.892. The molecule has 0 nitrogen and oxygen atoms in total. The molecule has 1 aromatic carbocycles. The lowest BCUT2D eigenvalue weighted by Gasteiger charge is -2.05. The van der Waals surface area contributed by atoms with Gasteiger partial charge in [-0.3, -0.25) is 0 Å². The van der Waals surface area contributed by atoms with Crippen LogP contribution in [0.5, 0.6) is 0 Å². The second-order valence-corrected chi connectivity index (χ2v) is 5.31. The van der Waals surface area contributed by atoms with Gasteiger partial charge in [0.2, 0.25) is 0 Å². The maximum Gasteiger partial charge on any atom is -0.00559 e. The Kier molecular flexibility index (Phi) is 1.49. The first-order valence-corrected chi connectivity index (χ1v) is 6.21. The van der Waals surface area contributed by atoms with Crippen molar-refractivity contribution in [1.29, 1.82) is 0 Å². The molecule has 0 radical (unpaired) electrons. The largest absolute Gasteiger partial charge is 0.0704 e. The Morgan fingerprint density at radius 1 is 0.933 bits per heavy atom. The van der Waals surface area contributed by atoms with Crippen molar-refractivity contribution >= 4 is 0 Å². The molecule has 1 saturated carbocycles. The van der Waals surface area contributed by atoms with Crippen molar-refractivity contribution in [3.8, 4) is 0 Å². The van der Waals surface area contributed by atoms with E-state index in [0.717, 1.165) is 17.8 Å². The summed E-state index contributed by atoms with van der Waals surface area (Å²) >= 11 is 0. The number of rotatable bonds is 1. The molecule has 76 valence electrons. The molecule has 3 atom stereocenters. The van der Waals surface area contributed by atoms with Gasteiger partial charge in [-0.05, 0) is 49.0 Å². The van der Waals surface area contributed by atoms with E-state index >= 15 is 0 Å². The Balaban J connectivity index is 1.66. The van der Waals surface area contributed by atoms with E-state index < -0.39 is 0 Å². The van der Waals surface area contributed by atoms with E-state index in [1.54, 1.807) is 5.56 Å². The standard InChI is InChI=1S/C15H16/c1-2-5-10(6-3-1)14-13-9-11-7-4-8-12(11)15(13)14/h1-3,5-6,13-15H,4,7-9H2/t13-,14-,15-/m1/s1. The summed E-state index contributed by atoms with van der Waals surface area (Å²) in [5, 5.41) is 0. The Morgan fingerprint density at radius 2 is 1.80 bits per heavy atom. The van der Waals surface area contributed by atoms with Crippen molar-refractivity contribution in [2.75, 3.05) is 0 Å². The van der Waals surface area contributed by atoms with Gasteiger partial charge in [0.1, 0.15) is 0 Å². The lowest BCUT2D eigenvalue weighted by Crippen LogP contribution is -1.89. The minimum Gasteiger partial charge on any atom is -0.0704 e. The van der Waals surface area contributed by atoms with Gasteiger partial charge in [-0.1, -0.05) is 41.5 Å². The van der Waals surface area contributed by atoms with Gasteiger partial charge >= 0.3 is 0 Å².